The minimum atomic E-state index is -3.04. The second kappa shape index (κ2) is 2.88. The van der Waals surface area contributed by atoms with E-state index in [1.54, 1.807) is 0 Å². The minimum absolute atomic E-state index is 0.446. The van der Waals surface area contributed by atoms with Crippen molar-refractivity contribution in [3.8, 4) is 5.75 Å². The molecule has 6 heteroatoms. The van der Waals surface area contributed by atoms with Crippen LogP contribution in [-0.2, 0) is 0 Å². The molecule has 3 N–H and O–H groups in total. The predicted octanol–water partition coefficient (Wildman–Crippen LogP) is 1.45. The third kappa shape index (κ3) is 1.41. The lowest BCUT2D eigenvalue weighted by molar-refractivity contribution is 0.140. The van der Waals surface area contributed by atoms with E-state index in [4.69, 9.17) is 10.8 Å². The predicted molar refractivity (Wildman–Crippen MR) is 35.2 cm³/mol. The van der Waals surface area contributed by atoms with Gasteiger partial charge in [-0.2, -0.15) is 4.39 Å². The Morgan fingerprint density at radius 3 is 2.58 bits per heavy atom. The third-order valence-corrected chi connectivity index (χ3v) is 1.22. The van der Waals surface area contributed by atoms with Crippen LogP contribution < -0.4 is 5.73 Å². The summed E-state index contributed by atoms with van der Waals surface area (Å²) in [5, 5.41) is 8.86. The van der Waals surface area contributed by atoms with Gasteiger partial charge in [-0.25, -0.2) is 13.8 Å². The number of nitrogens with zero attached hydrogens (tertiary/aromatic N) is 1. The van der Waals surface area contributed by atoms with Crippen molar-refractivity contribution in [2.45, 2.75) is 6.43 Å². The molecule has 0 aliphatic heterocycles. The Labute approximate surface area is 65.6 Å². The van der Waals surface area contributed by atoms with Gasteiger partial charge in [0.2, 0.25) is 5.95 Å². The van der Waals surface area contributed by atoms with Crippen molar-refractivity contribution in [1.29, 1.82) is 0 Å². The first-order valence-electron chi connectivity index (χ1n) is 2.95. The van der Waals surface area contributed by atoms with Crippen LogP contribution in [0.5, 0.6) is 5.75 Å². The van der Waals surface area contributed by atoms with Gasteiger partial charge < -0.3 is 10.8 Å². The fraction of sp³-hybridized carbons (Fsp3) is 0.167. The van der Waals surface area contributed by atoms with Crippen LogP contribution in [0.25, 0.3) is 0 Å². The highest BCUT2D eigenvalue weighted by Gasteiger charge is 2.18. The summed E-state index contributed by atoms with van der Waals surface area (Å²) in [4.78, 5) is 2.79. The van der Waals surface area contributed by atoms with Crippen molar-refractivity contribution in [3.63, 3.8) is 0 Å². The van der Waals surface area contributed by atoms with Gasteiger partial charge in [0.15, 0.2) is 11.4 Å². The molecule has 0 unspecified atom stereocenters. The summed E-state index contributed by atoms with van der Waals surface area (Å²) in [5.74, 6) is -2.01. The van der Waals surface area contributed by atoms with E-state index in [9.17, 15) is 13.2 Å². The summed E-state index contributed by atoms with van der Waals surface area (Å²) < 4.78 is 36.2. The van der Waals surface area contributed by atoms with E-state index in [1.807, 2.05) is 0 Å². The lowest BCUT2D eigenvalue weighted by atomic mass is 10.3. The number of nitrogens with two attached hydrogens (primary N) is 1. The molecule has 1 aromatic heterocycles. The van der Waals surface area contributed by atoms with Crippen molar-refractivity contribution in [1.82, 2.24) is 4.98 Å². The number of hydrogen-bond donors (Lipinski definition) is 2. The maximum Gasteiger partial charge on any atom is 0.284 e. The highest BCUT2D eigenvalue weighted by molar-refractivity contribution is 5.53. The van der Waals surface area contributed by atoms with E-state index in [0.29, 0.717) is 6.07 Å². The monoisotopic (exact) mass is 178 g/mol. The van der Waals surface area contributed by atoms with E-state index in [2.05, 4.69) is 4.98 Å². The number of pyridine rings is 1. The number of aromatic hydroxyl groups is 1. The Kier molecular flexibility index (Phi) is 2.07. The maximum atomic E-state index is 12.3. The minimum Gasteiger partial charge on any atom is -0.504 e. The average molecular weight is 178 g/mol. The number of hydrogen-bond acceptors (Lipinski definition) is 3. The van der Waals surface area contributed by atoms with Crippen molar-refractivity contribution >= 4 is 5.69 Å². The fourth-order valence-corrected chi connectivity index (χ4v) is 0.697. The van der Waals surface area contributed by atoms with Gasteiger partial charge in [0.05, 0.1) is 5.69 Å². The Bertz CT molecular complexity index is 303. The van der Waals surface area contributed by atoms with E-state index in [1.165, 1.54) is 0 Å². The van der Waals surface area contributed by atoms with Gasteiger partial charge in [-0.3, -0.25) is 0 Å². The first-order chi connectivity index (χ1) is 5.52. The van der Waals surface area contributed by atoms with Gasteiger partial charge in [-0.15, -0.1) is 0 Å². The van der Waals surface area contributed by atoms with Crippen LogP contribution in [0.3, 0.4) is 0 Å². The quantitative estimate of drug-likeness (QED) is 0.639. The molecule has 3 nitrogen and oxygen atoms in total. The molecule has 1 rings (SSSR count). The second-order valence-corrected chi connectivity index (χ2v) is 2.07. The van der Waals surface area contributed by atoms with E-state index in [-0.39, 0.29) is 0 Å². The van der Waals surface area contributed by atoms with Crippen molar-refractivity contribution in [2.75, 3.05) is 5.73 Å². The molecule has 0 fully saturated rings. The number of alkyl halides is 2. The van der Waals surface area contributed by atoms with Crippen LogP contribution >= 0.6 is 0 Å². The molecule has 0 atom stereocenters. The van der Waals surface area contributed by atoms with Gasteiger partial charge in [-0.1, -0.05) is 0 Å². The molecule has 0 radical (unpaired) electrons. The Hall–Kier alpha value is -1.46. The smallest absolute Gasteiger partial charge is 0.284 e. The molecule has 0 spiro atoms. The lowest BCUT2D eigenvalue weighted by Crippen LogP contribution is -1.98. The van der Waals surface area contributed by atoms with Crippen molar-refractivity contribution in [2.24, 2.45) is 0 Å². The SMILES string of the molecule is Nc1cc(F)nc(C(F)F)c1O. The fourth-order valence-electron chi connectivity index (χ4n) is 0.697. The van der Waals surface area contributed by atoms with Gasteiger partial charge in [0.1, 0.15) is 0 Å². The van der Waals surface area contributed by atoms with E-state index >= 15 is 0 Å². The summed E-state index contributed by atoms with van der Waals surface area (Å²) in [7, 11) is 0. The van der Waals surface area contributed by atoms with Gasteiger partial charge in [0.25, 0.3) is 6.43 Å². The summed E-state index contributed by atoms with van der Waals surface area (Å²) in [6, 6.07) is 0.668. The maximum absolute atomic E-state index is 12.3. The molecule has 0 amide bonds. The number of nitrogen functional groups attached to an aromatic ring is 1. The molecular weight excluding hydrogens is 173 g/mol. The first kappa shape index (κ1) is 8.63. The third-order valence-electron chi connectivity index (χ3n) is 1.22. The number of anilines is 1. The molecule has 0 saturated carbocycles. The largest absolute Gasteiger partial charge is 0.504 e. The van der Waals surface area contributed by atoms with Gasteiger partial charge in [0, 0.05) is 6.07 Å². The lowest BCUT2D eigenvalue weighted by Gasteiger charge is -2.04. The molecule has 1 heterocycles. The number of aromatic nitrogens is 1. The second-order valence-electron chi connectivity index (χ2n) is 2.07. The van der Waals surface area contributed by atoms with Crippen LogP contribution in [0.1, 0.15) is 12.1 Å². The molecule has 12 heavy (non-hydrogen) atoms. The zero-order valence-corrected chi connectivity index (χ0v) is 5.76. The zero-order chi connectivity index (χ0) is 9.30. The molecular formula is C6H5F3N2O. The van der Waals surface area contributed by atoms with Crippen LogP contribution in [0.2, 0.25) is 0 Å². The molecule has 0 saturated heterocycles. The van der Waals surface area contributed by atoms with Crippen LogP contribution in [0.4, 0.5) is 18.9 Å². The first-order valence-corrected chi connectivity index (χ1v) is 2.95. The van der Waals surface area contributed by atoms with Crippen molar-refractivity contribution in [3.05, 3.63) is 17.7 Å². The summed E-state index contributed by atoms with van der Waals surface area (Å²) in [6.07, 6.45) is -3.04. The molecule has 0 aliphatic rings. The number of rotatable bonds is 1. The van der Waals surface area contributed by atoms with Crippen LogP contribution in [-0.4, -0.2) is 10.1 Å². The molecule has 0 aliphatic carbocycles. The highest BCUT2D eigenvalue weighted by atomic mass is 19.3. The van der Waals surface area contributed by atoms with E-state index < -0.39 is 29.5 Å². The Morgan fingerprint density at radius 1 is 1.50 bits per heavy atom. The summed E-state index contributed by atoms with van der Waals surface area (Å²) in [6.45, 7) is 0. The topological polar surface area (TPSA) is 59.1 Å². The normalized spacial score (nSPS) is 10.7. The van der Waals surface area contributed by atoms with E-state index in [0.717, 1.165) is 0 Å². The zero-order valence-electron chi connectivity index (χ0n) is 5.76. The van der Waals surface area contributed by atoms with Crippen LogP contribution in [0.15, 0.2) is 6.07 Å². The highest BCUT2D eigenvalue weighted by Crippen LogP contribution is 2.30. The Morgan fingerprint density at radius 2 is 2.08 bits per heavy atom. The van der Waals surface area contributed by atoms with Gasteiger partial charge >= 0.3 is 0 Å². The molecule has 1 aromatic rings. The average Bonchev–Trinajstić information content (AvgIpc) is 1.96. The summed E-state index contributed by atoms with van der Waals surface area (Å²) >= 11 is 0. The molecule has 0 bridgehead atoms. The van der Waals surface area contributed by atoms with Crippen LogP contribution in [0, 0.1) is 5.95 Å². The van der Waals surface area contributed by atoms with Gasteiger partial charge in [-0.05, 0) is 0 Å². The molecule has 0 aromatic carbocycles. The Balaban J connectivity index is 3.28. The molecule has 66 valence electrons. The standard InChI is InChI=1S/C6H5F3N2O/c7-3-1-2(10)5(12)4(11-3)6(8)9/h1,6,12H,(H2,10,11). The van der Waals surface area contributed by atoms with Crippen molar-refractivity contribution < 1.29 is 18.3 Å². The number of halogens is 3. The summed E-state index contributed by atoms with van der Waals surface area (Å²) in [5.41, 5.74) is 3.51.